The lowest BCUT2D eigenvalue weighted by Gasteiger charge is -2.25. The Morgan fingerprint density at radius 1 is 1.31 bits per heavy atom. The topological polar surface area (TPSA) is 49.3 Å². The van der Waals surface area contributed by atoms with Crippen molar-refractivity contribution in [2.24, 2.45) is 0 Å². The molecule has 2 rings (SSSR count). The fourth-order valence-electron chi connectivity index (χ4n) is 2.52. The van der Waals surface area contributed by atoms with Crippen LogP contribution in [-0.4, -0.2) is 34.2 Å². The van der Waals surface area contributed by atoms with Crippen molar-refractivity contribution < 1.29 is 9.90 Å². The molecule has 2 aliphatic rings. The predicted molar refractivity (Wildman–Crippen MR) is 66.5 cm³/mol. The molecule has 1 amide bonds. The molecule has 1 saturated heterocycles. The summed E-state index contributed by atoms with van der Waals surface area (Å²) in [5.74, 6) is 1.23. The molecular weight excluding hydrogens is 222 g/mol. The minimum absolute atomic E-state index is 0.124. The molecule has 1 aliphatic heterocycles. The highest BCUT2D eigenvalue weighted by Crippen LogP contribution is 2.29. The molecule has 0 spiro atoms. The van der Waals surface area contributed by atoms with Gasteiger partial charge in [-0.15, -0.1) is 11.8 Å². The van der Waals surface area contributed by atoms with Crippen molar-refractivity contribution in [2.75, 3.05) is 12.3 Å². The van der Waals surface area contributed by atoms with Crippen molar-refractivity contribution in [3.05, 3.63) is 0 Å². The normalized spacial score (nSPS) is 28.9. The van der Waals surface area contributed by atoms with Gasteiger partial charge in [-0.2, -0.15) is 0 Å². The second-order valence-electron chi connectivity index (χ2n) is 5.00. The average Bonchev–Trinajstić information content (AvgIpc) is 2.75. The van der Waals surface area contributed by atoms with Crippen LogP contribution in [0.5, 0.6) is 0 Å². The van der Waals surface area contributed by atoms with Crippen molar-refractivity contribution in [3.8, 4) is 0 Å². The summed E-state index contributed by atoms with van der Waals surface area (Å²) in [6.07, 6.45) is 7.24. The van der Waals surface area contributed by atoms with E-state index in [0.29, 0.717) is 6.54 Å². The van der Waals surface area contributed by atoms with Gasteiger partial charge in [0.15, 0.2) is 0 Å². The van der Waals surface area contributed by atoms with E-state index in [-0.39, 0.29) is 11.2 Å². The molecule has 0 radical (unpaired) electrons. The molecule has 92 valence electrons. The van der Waals surface area contributed by atoms with Crippen molar-refractivity contribution in [2.45, 2.75) is 55.8 Å². The number of carbonyl (C=O) groups is 1. The van der Waals surface area contributed by atoms with Gasteiger partial charge in [0, 0.05) is 6.54 Å². The van der Waals surface area contributed by atoms with Crippen LogP contribution in [0.2, 0.25) is 0 Å². The standard InChI is InChI=1S/C12H21NO2S/c14-11(10-5-1-4-8-16-10)13-9-12(15)6-2-3-7-12/h10,15H,1-9H2,(H,13,14). The minimum atomic E-state index is -0.616. The summed E-state index contributed by atoms with van der Waals surface area (Å²) in [6, 6.07) is 0. The number of nitrogens with one attached hydrogen (secondary N) is 1. The lowest BCUT2D eigenvalue weighted by molar-refractivity contribution is -0.122. The maximum absolute atomic E-state index is 11.9. The summed E-state index contributed by atoms with van der Waals surface area (Å²) in [5.41, 5.74) is -0.616. The smallest absolute Gasteiger partial charge is 0.233 e. The van der Waals surface area contributed by atoms with Crippen molar-refractivity contribution in [3.63, 3.8) is 0 Å². The molecule has 0 aromatic rings. The molecule has 16 heavy (non-hydrogen) atoms. The highest BCUT2D eigenvalue weighted by molar-refractivity contribution is 8.00. The van der Waals surface area contributed by atoms with Crippen LogP contribution < -0.4 is 5.32 Å². The summed E-state index contributed by atoms with van der Waals surface area (Å²) in [5, 5.41) is 13.2. The monoisotopic (exact) mass is 243 g/mol. The zero-order valence-electron chi connectivity index (χ0n) is 9.71. The fraction of sp³-hybridized carbons (Fsp3) is 0.917. The van der Waals surface area contributed by atoms with E-state index in [1.54, 1.807) is 11.8 Å². The Kier molecular flexibility index (Phi) is 4.14. The zero-order chi connectivity index (χ0) is 11.4. The molecule has 1 heterocycles. The van der Waals surface area contributed by atoms with Gasteiger partial charge in [-0.25, -0.2) is 0 Å². The highest BCUT2D eigenvalue weighted by Gasteiger charge is 2.32. The predicted octanol–water partition coefficient (Wildman–Crippen LogP) is 1.69. The first kappa shape index (κ1) is 12.2. The number of carbonyl (C=O) groups excluding carboxylic acids is 1. The Morgan fingerprint density at radius 2 is 2.06 bits per heavy atom. The number of aliphatic hydroxyl groups is 1. The molecule has 2 N–H and O–H groups in total. The number of rotatable bonds is 3. The third-order valence-electron chi connectivity index (χ3n) is 3.60. The summed E-state index contributed by atoms with van der Waals surface area (Å²) < 4.78 is 0. The molecule has 0 aromatic carbocycles. The quantitative estimate of drug-likeness (QED) is 0.793. The molecule has 1 unspecified atom stereocenters. The molecule has 0 aromatic heterocycles. The molecule has 0 bridgehead atoms. The molecule has 1 atom stereocenters. The lowest BCUT2D eigenvalue weighted by Crippen LogP contribution is -2.44. The van der Waals surface area contributed by atoms with Gasteiger partial charge in [0.1, 0.15) is 0 Å². The molecule has 3 nitrogen and oxygen atoms in total. The summed E-state index contributed by atoms with van der Waals surface area (Å²) >= 11 is 1.76. The van der Waals surface area contributed by atoms with Gasteiger partial charge in [-0.3, -0.25) is 4.79 Å². The summed E-state index contributed by atoms with van der Waals surface area (Å²) in [6.45, 7) is 0.447. The first-order chi connectivity index (χ1) is 7.70. The number of thioether (sulfide) groups is 1. The Morgan fingerprint density at radius 3 is 2.69 bits per heavy atom. The van der Waals surface area contributed by atoms with Crippen LogP contribution in [0, 0.1) is 0 Å². The van der Waals surface area contributed by atoms with Gasteiger partial charge in [0.25, 0.3) is 0 Å². The van der Waals surface area contributed by atoms with Crippen LogP contribution in [0.3, 0.4) is 0 Å². The first-order valence-electron chi connectivity index (χ1n) is 6.31. The van der Waals surface area contributed by atoms with Gasteiger partial charge >= 0.3 is 0 Å². The third kappa shape index (κ3) is 3.14. The van der Waals surface area contributed by atoms with E-state index in [1.807, 2.05) is 0 Å². The number of amides is 1. The van der Waals surface area contributed by atoms with Crippen molar-refractivity contribution >= 4 is 17.7 Å². The van der Waals surface area contributed by atoms with Crippen LogP contribution >= 0.6 is 11.8 Å². The highest BCUT2D eigenvalue weighted by atomic mass is 32.2. The van der Waals surface area contributed by atoms with Crippen LogP contribution in [0.1, 0.15) is 44.9 Å². The van der Waals surface area contributed by atoms with Gasteiger partial charge in [0.05, 0.1) is 10.9 Å². The Hall–Kier alpha value is -0.220. The SMILES string of the molecule is O=C(NCC1(O)CCCC1)C1CCCCS1. The zero-order valence-corrected chi connectivity index (χ0v) is 10.5. The van der Waals surface area contributed by atoms with E-state index in [1.165, 1.54) is 6.42 Å². The third-order valence-corrected chi connectivity index (χ3v) is 4.97. The maximum atomic E-state index is 11.9. The largest absolute Gasteiger partial charge is 0.388 e. The van der Waals surface area contributed by atoms with E-state index in [9.17, 15) is 9.90 Å². The number of hydrogen-bond donors (Lipinski definition) is 2. The van der Waals surface area contributed by atoms with Gasteiger partial charge in [-0.05, 0) is 31.4 Å². The van der Waals surface area contributed by atoms with Gasteiger partial charge in [-0.1, -0.05) is 19.3 Å². The first-order valence-corrected chi connectivity index (χ1v) is 7.36. The van der Waals surface area contributed by atoms with E-state index >= 15 is 0 Å². The molecule has 1 saturated carbocycles. The Labute approximate surface area is 101 Å². The Bertz CT molecular complexity index is 245. The lowest BCUT2D eigenvalue weighted by atomic mass is 10.0. The average molecular weight is 243 g/mol. The Balaban J connectivity index is 1.74. The van der Waals surface area contributed by atoms with Crippen LogP contribution in [0.4, 0.5) is 0 Å². The van der Waals surface area contributed by atoms with Crippen molar-refractivity contribution in [1.82, 2.24) is 5.32 Å². The minimum Gasteiger partial charge on any atom is -0.388 e. The molecule has 4 heteroatoms. The maximum Gasteiger partial charge on any atom is 0.233 e. The van der Waals surface area contributed by atoms with E-state index < -0.39 is 5.60 Å². The summed E-state index contributed by atoms with van der Waals surface area (Å²) in [7, 11) is 0. The van der Waals surface area contributed by atoms with Crippen LogP contribution in [0.15, 0.2) is 0 Å². The molecule has 2 fully saturated rings. The fourth-order valence-corrected chi connectivity index (χ4v) is 3.75. The van der Waals surface area contributed by atoms with Crippen LogP contribution in [0.25, 0.3) is 0 Å². The van der Waals surface area contributed by atoms with Crippen LogP contribution in [-0.2, 0) is 4.79 Å². The molecule has 1 aliphatic carbocycles. The second-order valence-corrected chi connectivity index (χ2v) is 6.32. The van der Waals surface area contributed by atoms with E-state index in [0.717, 1.165) is 44.3 Å². The van der Waals surface area contributed by atoms with Gasteiger partial charge in [0.2, 0.25) is 5.91 Å². The number of hydrogen-bond acceptors (Lipinski definition) is 3. The van der Waals surface area contributed by atoms with E-state index in [2.05, 4.69) is 5.32 Å². The van der Waals surface area contributed by atoms with Crippen molar-refractivity contribution in [1.29, 1.82) is 0 Å². The molecular formula is C12H21NO2S. The summed E-state index contributed by atoms with van der Waals surface area (Å²) in [4.78, 5) is 11.9. The van der Waals surface area contributed by atoms with Gasteiger partial charge < -0.3 is 10.4 Å². The second kappa shape index (κ2) is 5.41. The van der Waals surface area contributed by atoms with E-state index in [4.69, 9.17) is 0 Å².